The highest BCUT2D eigenvalue weighted by Crippen LogP contribution is 2.24. The highest BCUT2D eigenvalue weighted by molar-refractivity contribution is 5.65. The van der Waals surface area contributed by atoms with Crippen molar-refractivity contribution in [1.29, 1.82) is 0 Å². The maximum absolute atomic E-state index is 13.3. The maximum atomic E-state index is 13.3. The molecule has 3 heteroatoms. The van der Waals surface area contributed by atoms with Crippen LogP contribution in [0.15, 0.2) is 36.4 Å². The van der Waals surface area contributed by atoms with Crippen molar-refractivity contribution in [2.24, 2.45) is 0 Å². The van der Waals surface area contributed by atoms with Crippen molar-refractivity contribution >= 4 is 17.1 Å². The molecule has 88 valence electrons. The molecule has 17 heavy (non-hydrogen) atoms. The van der Waals surface area contributed by atoms with Crippen molar-refractivity contribution in [3.8, 4) is 0 Å². The normalized spacial score (nSPS) is 10.3. The van der Waals surface area contributed by atoms with Gasteiger partial charge in [0.15, 0.2) is 0 Å². The lowest BCUT2D eigenvalue weighted by Gasteiger charge is -2.11. The summed E-state index contributed by atoms with van der Waals surface area (Å²) in [5.41, 5.74) is 9.63. The van der Waals surface area contributed by atoms with Crippen LogP contribution in [0.5, 0.6) is 0 Å². The number of anilines is 3. The Bertz CT molecular complexity index is 550. The number of nitrogens with one attached hydrogen (secondary N) is 1. The Morgan fingerprint density at radius 2 is 1.88 bits per heavy atom. The van der Waals surface area contributed by atoms with Gasteiger partial charge in [-0.05, 0) is 49.2 Å². The van der Waals surface area contributed by atoms with Gasteiger partial charge in [0.2, 0.25) is 0 Å². The minimum Gasteiger partial charge on any atom is -0.396 e. The number of nitrogens with two attached hydrogens (primary N) is 1. The van der Waals surface area contributed by atoms with Crippen LogP contribution in [-0.2, 0) is 0 Å². The summed E-state index contributed by atoms with van der Waals surface area (Å²) in [6.07, 6.45) is 0. The molecule has 0 saturated heterocycles. The molecule has 0 fully saturated rings. The third kappa shape index (κ3) is 2.38. The number of nitrogen functional groups attached to an aromatic ring is 1. The van der Waals surface area contributed by atoms with Gasteiger partial charge in [-0.3, -0.25) is 0 Å². The average Bonchev–Trinajstić information content (AvgIpc) is 2.30. The molecule has 2 rings (SSSR count). The molecule has 0 bridgehead atoms. The number of hydrogen-bond donors (Lipinski definition) is 2. The summed E-state index contributed by atoms with van der Waals surface area (Å²) < 4.78 is 13.3. The van der Waals surface area contributed by atoms with E-state index in [9.17, 15) is 4.39 Å². The van der Waals surface area contributed by atoms with Crippen LogP contribution in [-0.4, -0.2) is 0 Å². The van der Waals surface area contributed by atoms with Crippen molar-refractivity contribution in [2.45, 2.75) is 13.8 Å². The number of aryl methyl sites for hydroxylation is 1. The molecule has 0 unspecified atom stereocenters. The first-order valence-corrected chi connectivity index (χ1v) is 5.46. The molecule has 0 aliphatic rings. The van der Waals surface area contributed by atoms with E-state index in [1.807, 2.05) is 32.0 Å². The fourth-order valence-electron chi connectivity index (χ4n) is 1.65. The molecule has 0 amide bonds. The van der Waals surface area contributed by atoms with Gasteiger partial charge in [-0.25, -0.2) is 4.39 Å². The van der Waals surface area contributed by atoms with Crippen LogP contribution in [0.1, 0.15) is 11.1 Å². The van der Waals surface area contributed by atoms with Gasteiger partial charge in [0.05, 0.1) is 5.69 Å². The zero-order chi connectivity index (χ0) is 12.4. The second kappa shape index (κ2) is 4.45. The number of halogens is 1. The molecule has 0 radical (unpaired) electrons. The molecule has 2 aromatic rings. The van der Waals surface area contributed by atoms with Gasteiger partial charge in [0.25, 0.3) is 0 Å². The highest BCUT2D eigenvalue weighted by Gasteiger charge is 2.03. The van der Waals surface area contributed by atoms with E-state index in [-0.39, 0.29) is 5.69 Å². The molecule has 0 aromatic heterocycles. The lowest BCUT2D eigenvalue weighted by Crippen LogP contribution is -1.97. The minimum atomic E-state index is -0.402. The summed E-state index contributed by atoms with van der Waals surface area (Å²) in [5.74, 6) is -0.402. The Morgan fingerprint density at radius 1 is 1.12 bits per heavy atom. The van der Waals surface area contributed by atoms with Crippen LogP contribution in [0, 0.1) is 19.7 Å². The van der Waals surface area contributed by atoms with Gasteiger partial charge >= 0.3 is 0 Å². The maximum Gasteiger partial charge on any atom is 0.148 e. The standard InChI is InChI=1S/C14H15FN2/c1-9-4-3-5-14(10(9)2)17-11-6-7-13(16)12(15)8-11/h3-8,17H,16H2,1-2H3. The zero-order valence-corrected chi connectivity index (χ0v) is 9.92. The Hall–Kier alpha value is -2.03. The zero-order valence-electron chi connectivity index (χ0n) is 9.92. The number of hydrogen-bond acceptors (Lipinski definition) is 2. The SMILES string of the molecule is Cc1cccc(Nc2ccc(N)c(F)c2)c1C. The first kappa shape index (κ1) is 11.5. The van der Waals surface area contributed by atoms with Crippen LogP contribution in [0.2, 0.25) is 0 Å². The van der Waals surface area contributed by atoms with E-state index in [0.717, 1.165) is 11.3 Å². The van der Waals surface area contributed by atoms with Crippen LogP contribution in [0.3, 0.4) is 0 Å². The van der Waals surface area contributed by atoms with Gasteiger partial charge in [-0.15, -0.1) is 0 Å². The summed E-state index contributed by atoms with van der Waals surface area (Å²) in [7, 11) is 0. The summed E-state index contributed by atoms with van der Waals surface area (Å²) >= 11 is 0. The Kier molecular flexibility index (Phi) is 3.00. The first-order valence-electron chi connectivity index (χ1n) is 5.46. The molecule has 0 saturated carbocycles. The molecule has 0 aliphatic carbocycles. The van der Waals surface area contributed by atoms with Crippen LogP contribution in [0.25, 0.3) is 0 Å². The fraction of sp³-hybridized carbons (Fsp3) is 0.143. The quantitative estimate of drug-likeness (QED) is 0.771. The van der Waals surface area contributed by atoms with E-state index in [1.54, 1.807) is 12.1 Å². The Balaban J connectivity index is 2.31. The molecule has 0 heterocycles. The van der Waals surface area contributed by atoms with E-state index >= 15 is 0 Å². The lowest BCUT2D eigenvalue weighted by atomic mass is 10.1. The van der Waals surface area contributed by atoms with Crippen LogP contribution in [0.4, 0.5) is 21.5 Å². The molecule has 2 aromatic carbocycles. The molecule has 0 atom stereocenters. The van der Waals surface area contributed by atoms with Crippen LogP contribution < -0.4 is 11.1 Å². The van der Waals surface area contributed by atoms with Crippen molar-refractivity contribution in [1.82, 2.24) is 0 Å². The third-order valence-electron chi connectivity index (χ3n) is 2.88. The first-order chi connectivity index (χ1) is 8.08. The second-order valence-electron chi connectivity index (χ2n) is 4.11. The van der Waals surface area contributed by atoms with E-state index in [4.69, 9.17) is 5.73 Å². The van der Waals surface area contributed by atoms with Gasteiger partial charge in [-0.1, -0.05) is 12.1 Å². The van der Waals surface area contributed by atoms with Crippen molar-refractivity contribution < 1.29 is 4.39 Å². The topological polar surface area (TPSA) is 38.0 Å². The highest BCUT2D eigenvalue weighted by atomic mass is 19.1. The number of benzene rings is 2. The molecule has 0 aliphatic heterocycles. The van der Waals surface area contributed by atoms with Gasteiger partial charge in [-0.2, -0.15) is 0 Å². The van der Waals surface area contributed by atoms with E-state index in [0.29, 0.717) is 5.69 Å². The van der Waals surface area contributed by atoms with E-state index < -0.39 is 5.82 Å². The summed E-state index contributed by atoms with van der Waals surface area (Å²) in [6.45, 7) is 4.08. The molecule has 3 N–H and O–H groups in total. The number of rotatable bonds is 2. The molecular formula is C14H15FN2. The van der Waals surface area contributed by atoms with E-state index in [1.165, 1.54) is 11.6 Å². The predicted octanol–water partition coefficient (Wildman–Crippen LogP) is 3.77. The van der Waals surface area contributed by atoms with Crippen molar-refractivity contribution in [3.63, 3.8) is 0 Å². The van der Waals surface area contributed by atoms with Crippen LogP contribution >= 0.6 is 0 Å². The lowest BCUT2D eigenvalue weighted by molar-refractivity contribution is 0.633. The Labute approximate surface area is 100 Å². The van der Waals surface area contributed by atoms with E-state index in [2.05, 4.69) is 5.32 Å². The molecule has 0 spiro atoms. The van der Waals surface area contributed by atoms with Gasteiger partial charge < -0.3 is 11.1 Å². The predicted molar refractivity (Wildman–Crippen MR) is 70.0 cm³/mol. The minimum absolute atomic E-state index is 0.163. The summed E-state index contributed by atoms with van der Waals surface area (Å²) in [5, 5.41) is 3.19. The summed E-state index contributed by atoms with van der Waals surface area (Å²) in [4.78, 5) is 0. The van der Waals surface area contributed by atoms with Crippen molar-refractivity contribution in [3.05, 3.63) is 53.3 Å². The fourth-order valence-corrected chi connectivity index (χ4v) is 1.65. The molecule has 2 nitrogen and oxygen atoms in total. The Morgan fingerprint density at radius 3 is 2.59 bits per heavy atom. The van der Waals surface area contributed by atoms with Gasteiger partial charge in [0, 0.05) is 11.4 Å². The monoisotopic (exact) mass is 230 g/mol. The molecular weight excluding hydrogens is 215 g/mol. The van der Waals surface area contributed by atoms with Crippen molar-refractivity contribution in [2.75, 3.05) is 11.1 Å². The van der Waals surface area contributed by atoms with Gasteiger partial charge in [0.1, 0.15) is 5.82 Å². The third-order valence-corrected chi connectivity index (χ3v) is 2.88. The largest absolute Gasteiger partial charge is 0.396 e. The summed E-state index contributed by atoms with van der Waals surface area (Å²) in [6, 6.07) is 10.7. The smallest absolute Gasteiger partial charge is 0.148 e. The second-order valence-corrected chi connectivity index (χ2v) is 4.11. The average molecular weight is 230 g/mol.